The van der Waals surface area contributed by atoms with Crippen LogP contribution < -0.4 is 5.32 Å². The second-order valence-electron chi connectivity index (χ2n) is 4.36. The predicted octanol–water partition coefficient (Wildman–Crippen LogP) is 3.40. The summed E-state index contributed by atoms with van der Waals surface area (Å²) < 4.78 is 5.17. The lowest BCUT2D eigenvalue weighted by molar-refractivity contribution is 0.181. The molecule has 102 valence electrons. The number of aryl methyl sites for hydroxylation is 2. The van der Waals surface area contributed by atoms with Crippen LogP contribution in [0.3, 0.4) is 0 Å². The molecule has 0 fully saturated rings. The minimum absolute atomic E-state index is 0.496. The highest BCUT2D eigenvalue weighted by molar-refractivity contribution is 7.12. The van der Waals surface area contributed by atoms with Crippen LogP contribution in [0.15, 0.2) is 12.1 Å². The van der Waals surface area contributed by atoms with Gasteiger partial charge in [-0.2, -0.15) is 0 Å². The van der Waals surface area contributed by atoms with E-state index in [9.17, 15) is 0 Å². The summed E-state index contributed by atoms with van der Waals surface area (Å²) in [7, 11) is 1.68. The first kappa shape index (κ1) is 14.0. The number of hydrogen-bond acceptors (Lipinski definition) is 5. The maximum absolute atomic E-state index is 5.17. The van der Waals surface area contributed by atoms with Gasteiger partial charge in [-0.05, 0) is 26.8 Å². The number of hydrogen-bond donors (Lipinski definition) is 1. The summed E-state index contributed by atoms with van der Waals surface area (Å²) in [4.78, 5) is 11.7. The first-order valence-corrected chi connectivity index (χ1v) is 7.14. The van der Waals surface area contributed by atoms with Gasteiger partial charge in [0.05, 0.1) is 12.3 Å². The van der Waals surface area contributed by atoms with Crippen LogP contribution >= 0.6 is 11.3 Å². The Morgan fingerprint density at radius 1 is 1.26 bits per heavy atom. The molecule has 5 heteroatoms. The van der Waals surface area contributed by atoms with E-state index in [0.29, 0.717) is 6.61 Å². The van der Waals surface area contributed by atoms with Crippen molar-refractivity contribution >= 4 is 17.2 Å². The van der Waals surface area contributed by atoms with Crippen LogP contribution in [0.2, 0.25) is 0 Å². The van der Waals surface area contributed by atoms with Crippen molar-refractivity contribution in [1.82, 2.24) is 9.97 Å². The van der Waals surface area contributed by atoms with E-state index >= 15 is 0 Å². The predicted molar refractivity (Wildman–Crippen MR) is 79.7 cm³/mol. The molecule has 0 atom stereocenters. The molecule has 4 nitrogen and oxygen atoms in total. The zero-order valence-corrected chi connectivity index (χ0v) is 12.6. The summed E-state index contributed by atoms with van der Waals surface area (Å²) in [6, 6.07) is 4.08. The Labute approximate surface area is 117 Å². The van der Waals surface area contributed by atoms with Gasteiger partial charge in [0, 0.05) is 35.0 Å². The molecule has 0 aliphatic heterocycles. The smallest absolute Gasteiger partial charge is 0.162 e. The van der Waals surface area contributed by atoms with Crippen LogP contribution in [-0.2, 0) is 11.3 Å². The lowest BCUT2D eigenvalue weighted by Gasteiger charge is -2.08. The minimum Gasteiger partial charge on any atom is -0.378 e. The average molecular weight is 277 g/mol. The SMILES string of the molecule is CCNc1cc(COC)nc(-c2cc(C)sc2C)n1. The third-order valence-corrected chi connectivity index (χ3v) is 3.68. The first-order chi connectivity index (χ1) is 9.13. The molecule has 2 heterocycles. The molecule has 0 unspecified atom stereocenters. The zero-order chi connectivity index (χ0) is 13.8. The molecule has 0 bridgehead atoms. The number of thiophene rings is 1. The molecule has 2 aromatic rings. The molecule has 2 aromatic heterocycles. The van der Waals surface area contributed by atoms with Gasteiger partial charge in [-0.15, -0.1) is 11.3 Å². The van der Waals surface area contributed by atoms with Crippen molar-refractivity contribution in [3.8, 4) is 11.4 Å². The topological polar surface area (TPSA) is 47.0 Å². The number of nitrogens with one attached hydrogen (secondary N) is 1. The first-order valence-electron chi connectivity index (χ1n) is 6.32. The Balaban J connectivity index is 2.46. The Morgan fingerprint density at radius 2 is 2.05 bits per heavy atom. The Morgan fingerprint density at radius 3 is 2.63 bits per heavy atom. The van der Waals surface area contributed by atoms with Crippen LogP contribution in [0.5, 0.6) is 0 Å². The summed E-state index contributed by atoms with van der Waals surface area (Å²) in [5.74, 6) is 1.62. The summed E-state index contributed by atoms with van der Waals surface area (Å²) >= 11 is 1.77. The number of anilines is 1. The van der Waals surface area contributed by atoms with E-state index in [1.54, 1.807) is 18.4 Å². The van der Waals surface area contributed by atoms with Crippen LogP contribution in [0, 0.1) is 13.8 Å². The van der Waals surface area contributed by atoms with E-state index in [-0.39, 0.29) is 0 Å². The normalized spacial score (nSPS) is 10.7. The van der Waals surface area contributed by atoms with Crippen molar-refractivity contribution in [1.29, 1.82) is 0 Å². The molecule has 0 aromatic carbocycles. The van der Waals surface area contributed by atoms with Crippen LogP contribution in [0.4, 0.5) is 5.82 Å². The maximum atomic E-state index is 5.17. The molecule has 19 heavy (non-hydrogen) atoms. The number of aromatic nitrogens is 2. The Kier molecular flexibility index (Phi) is 4.50. The fourth-order valence-electron chi connectivity index (χ4n) is 1.96. The fourth-order valence-corrected chi connectivity index (χ4v) is 2.88. The number of methoxy groups -OCH3 is 1. The molecular formula is C14H19N3OS. The summed E-state index contributed by atoms with van der Waals surface area (Å²) in [5, 5.41) is 3.24. The largest absolute Gasteiger partial charge is 0.378 e. The maximum Gasteiger partial charge on any atom is 0.162 e. The van der Waals surface area contributed by atoms with Crippen molar-refractivity contribution in [3.05, 3.63) is 27.6 Å². The molecule has 0 spiro atoms. The lowest BCUT2D eigenvalue weighted by Crippen LogP contribution is -2.04. The standard InChI is InChI=1S/C14H19N3OS/c1-5-15-13-7-11(8-18-4)16-14(17-13)12-6-9(2)19-10(12)3/h6-7H,5,8H2,1-4H3,(H,15,16,17). The minimum atomic E-state index is 0.496. The molecule has 2 rings (SSSR count). The van der Waals surface area contributed by atoms with Crippen LogP contribution in [0.25, 0.3) is 11.4 Å². The van der Waals surface area contributed by atoms with Gasteiger partial charge >= 0.3 is 0 Å². The van der Waals surface area contributed by atoms with E-state index in [2.05, 4.69) is 42.1 Å². The van der Waals surface area contributed by atoms with E-state index in [1.807, 2.05) is 6.07 Å². The molecule has 0 saturated carbocycles. The highest BCUT2D eigenvalue weighted by Crippen LogP contribution is 2.29. The number of rotatable bonds is 5. The van der Waals surface area contributed by atoms with Gasteiger partial charge < -0.3 is 10.1 Å². The molecule has 0 amide bonds. The average Bonchev–Trinajstić information content (AvgIpc) is 2.69. The second kappa shape index (κ2) is 6.12. The quantitative estimate of drug-likeness (QED) is 0.910. The van der Waals surface area contributed by atoms with Crippen molar-refractivity contribution < 1.29 is 4.74 Å². The van der Waals surface area contributed by atoms with E-state index in [1.165, 1.54) is 9.75 Å². The van der Waals surface area contributed by atoms with Crippen LogP contribution in [-0.4, -0.2) is 23.6 Å². The summed E-state index contributed by atoms with van der Waals surface area (Å²) in [5.41, 5.74) is 2.01. The molecule has 1 N–H and O–H groups in total. The highest BCUT2D eigenvalue weighted by Gasteiger charge is 2.11. The number of ether oxygens (including phenoxy) is 1. The van der Waals surface area contributed by atoms with Crippen LogP contribution in [0.1, 0.15) is 22.4 Å². The molecule has 0 radical (unpaired) electrons. The van der Waals surface area contributed by atoms with E-state index in [4.69, 9.17) is 4.74 Å². The molecule has 0 saturated heterocycles. The van der Waals surface area contributed by atoms with Gasteiger partial charge in [-0.1, -0.05) is 0 Å². The van der Waals surface area contributed by atoms with Crippen molar-refractivity contribution in [2.24, 2.45) is 0 Å². The van der Waals surface area contributed by atoms with Crippen molar-refractivity contribution in [3.63, 3.8) is 0 Å². The summed E-state index contributed by atoms with van der Waals surface area (Å²) in [6.45, 7) is 7.59. The van der Waals surface area contributed by atoms with E-state index < -0.39 is 0 Å². The van der Waals surface area contributed by atoms with Crippen molar-refractivity contribution in [2.45, 2.75) is 27.4 Å². The number of nitrogens with zero attached hydrogens (tertiary/aromatic N) is 2. The fraction of sp³-hybridized carbons (Fsp3) is 0.429. The molecular weight excluding hydrogens is 258 g/mol. The van der Waals surface area contributed by atoms with Gasteiger partial charge in [0.15, 0.2) is 5.82 Å². The third kappa shape index (κ3) is 3.30. The monoisotopic (exact) mass is 277 g/mol. The van der Waals surface area contributed by atoms with Crippen molar-refractivity contribution in [2.75, 3.05) is 19.0 Å². The van der Waals surface area contributed by atoms with Gasteiger partial charge in [0.2, 0.25) is 0 Å². The second-order valence-corrected chi connectivity index (χ2v) is 5.82. The van der Waals surface area contributed by atoms with Gasteiger partial charge in [0.25, 0.3) is 0 Å². The van der Waals surface area contributed by atoms with E-state index in [0.717, 1.165) is 29.4 Å². The molecule has 0 aliphatic rings. The zero-order valence-electron chi connectivity index (χ0n) is 11.8. The lowest BCUT2D eigenvalue weighted by atomic mass is 10.2. The van der Waals surface area contributed by atoms with Gasteiger partial charge in [-0.3, -0.25) is 0 Å². The van der Waals surface area contributed by atoms with Gasteiger partial charge in [0.1, 0.15) is 5.82 Å². The highest BCUT2D eigenvalue weighted by atomic mass is 32.1. The molecule has 0 aliphatic carbocycles. The summed E-state index contributed by atoms with van der Waals surface area (Å²) in [6.07, 6.45) is 0. The third-order valence-electron chi connectivity index (χ3n) is 2.71. The van der Waals surface area contributed by atoms with Gasteiger partial charge in [-0.25, -0.2) is 9.97 Å². The Bertz CT molecular complexity index is 542. The Hall–Kier alpha value is -1.46.